The number of carbonyl (C=O) groups is 1. The fourth-order valence-corrected chi connectivity index (χ4v) is 3.17. The number of ether oxygens (including phenoxy) is 1. The van der Waals surface area contributed by atoms with E-state index in [4.69, 9.17) is 4.74 Å². The maximum atomic E-state index is 13.1. The molecule has 0 spiro atoms. The molecule has 1 N–H and O–H groups in total. The average molecular weight is 354 g/mol. The van der Waals surface area contributed by atoms with Crippen molar-refractivity contribution in [1.82, 2.24) is 19.7 Å². The highest BCUT2D eigenvalue weighted by Crippen LogP contribution is 2.24. The molecule has 134 valence electrons. The van der Waals surface area contributed by atoms with Crippen LogP contribution in [0.15, 0.2) is 48.7 Å². The summed E-state index contributed by atoms with van der Waals surface area (Å²) in [6.45, 7) is 1.37. The van der Waals surface area contributed by atoms with Crippen molar-refractivity contribution in [3.8, 4) is 11.4 Å². The van der Waals surface area contributed by atoms with Crippen molar-refractivity contribution in [1.29, 1.82) is 0 Å². The highest BCUT2D eigenvalue weighted by molar-refractivity contribution is 5.93. The summed E-state index contributed by atoms with van der Waals surface area (Å²) in [6, 6.07) is 11.8. The molecule has 1 aliphatic heterocycles. The summed E-state index contributed by atoms with van der Waals surface area (Å²) in [4.78, 5) is 14.6. The molecule has 7 heteroatoms. The zero-order chi connectivity index (χ0) is 18.1. The normalized spacial score (nSPS) is 17.5. The Kier molecular flexibility index (Phi) is 4.30. The summed E-state index contributed by atoms with van der Waals surface area (Å²) in [7, 11) is 1.93. The number of morpholine rings is 1. The van der Waals surface area contributed by atoms with Crippen LogP contribution in [0.1, 0.15) is 22.2 Å². The molecule has 3 aromatic rings. The Labute approximate surface area is 150 Å². The second-order valence-electron chi connectivity index (χ2n) is 6.33. The van der Waals surface area contributed by atoms with Gasteiger partial charge in [0.1, 0.15) is 23.3 Å². The van der Waals surface area contributed by atoms with E-state index in [0.717, 1.165) is 17.0 Å². The minimum absolute atomic E-state index is 0.117. The number of amides is 1. The fourth-order valence-electron chi connectivity index (χ4n) is 3.17. The molecule has 0 bridgehead atoms. The van der Waals surface area contributed by atoms with Gasteiger partial charge in [0.05, 0.1) is 18.8 Å². The summed E-state index contributed by atoms with van der Waals surface area (Å²) < 4.78 is 20.8. The van der Waals surface area contributed by atoms with Gasteiger partial charge in [0.25, 0.3) is 5.91 Å². The minimum Gasteiger partial charge on any atom is -0.370 e. The first-order valence-electron chi connectivity index (χ1n) is 8.45. The van der Waals surface area contributed by atoms with Gasteiger partial charge in [-0.3, -0.25) is 9.89 Å². The molecular weight excluding hydrogens is 335 g/mol. The predicted molar refractivity (Wildman–Crippen MR) is 94.0 cm³/mol. The van der Waals surface area contributed by atoms with E-state index in [-0.39, 0.29) is 17.8 Å². The van der Waals surface area contributed by atoms with E-state index in [0.29, 0.717) is 25.4 Å². The number of rotatable bonds is 3. The molecule has 0 aliphatic carbocycles. The number of nitrogens with one attached hydrogen (secondary N) is 1. The molecule has 1 aromatic carbocycles. The van der Waals surface area contributed by atoms with Gasteiger partial charge < -0.3 is 14.2 Å². The molecule has 3 heterocycles. The Morgan fingerprint density at radius 3 is 2.85 bits per heavy atom. The lowest BCUT2D eigenvalue weighted by atomic mass is 10.1. The maximum Gasteiger partial charge on any atom is 0.272 e. The molecule has 0 saturated carbocycles. The van der Waals surface area contributed by atoms with Crippen LogP contribution >= 0.6 is 0 Å². The van der Waals surface area contributed by atoms with Crippen LogP contribution in [0.4, 0.5) is 4.39 Å². The number of aryl methyl sites for hydroxylation is 1. The van der Waals surface area contributed by atoms with E-state index in [9.17, 15) is 9.18 Å². The topological polar surface area (TPSA) is 63.1 Å². The highest BCUT2D eigenvalue weighted by Gasteiger charge is 2.27. The lowest BCUT2D eigenvalue weighted by Crippen LogP contribution is -2.42. The number of halogens is 1. The van der Waals surface area contributed by atoms with E-state index in [2.05, 4.69) is 10.2 Å². The number of benzene rings is 1. The summed E-state index contributed by atoms with van der Waals surface area (Å²) in [5.74, 6) is -0.406. The van der Waals surface area contributed by atoms with Gasteiger partial charge in [0.2, 0.25) is 0 Å². The van der Waals surface area contributed by atoms with Crippen molar-refractivity contribution in [2.75, 3.05) is 19.7 Å². The van der Waals surface area contributed by atoms with Gasteiger partial charge in [-0.05, 0) is 35.9 Å². The number of nitrogens with zero attached hydrogens (tertiary/aromatic N) is 3. The molecule has 0 radical (unpaired) electrons. The molecule has 1 saturated heterocycles. The van der Waals surface area contributed by atoms with Crippen LogP contribution in [0.3, 0.4) is 0 Å². The summed E-state index contributed by atoms with van der Waals surface area (Å²) in [6.07, 6.45) is 1.67. The number of H-pyrrole nitrogens is 1. The van der Waals surface area contributed by atoms with E-state index in [1.54, 1.807) is 23.1 Å². The van der Waals surface area contributed by atoms with Gasteiger partial charge >= 0.3 is 0 Å². The van der Waals surface area contributed by atoms with Crippen LogP contribution < -0.4 is 0 Å². The number of hydrogen-bond acceptors (Lipinski definition) is 3. The Hall–Kier alpha value is -2.93. The minimum atomic E-state index is -0.289. The Balaban J connectivity index is 1.50. The third kappa shape index (κ3) is 3.13. The molecular formula is C19H19FN4O2. The Morgan fingerprint density at radius 2 is 2.12 bits per heavy atom. The first kappa shape index (κ1) is 16.5. The second kappa shape index (κ2) is 6.76. The van der Waals surface area contributed by atoms with Crippen molar-refractivity contribution >= 4 is 5.91 Å². The van der Waals surface area contributed by atoms with Gasteiger partial charge in [-0.1, -0.05) is 12.1 Å². The number of aromatic amines is 1. The Morgan fingerprint density at radius 1 is 1.31 bits per heavy atom. The predicted octanol–water partition coefficient (Wildman–Crippen LogP) is 2.77. The fraction of sp³-hybridized carbons (Fsp3) is 0.263. The molecule has 1 aliphatic rings. The average Bonchev–Trinajstić information content (AvgIpc) is 3.30. The first-order chi connectivity index (χ1) is 12.6. The zero-order valence-corrected chi connectivity index (χ0v) is 14.4. The third-order valence-electron chi connectivity index (χ3n) is 4.61. The van der Waals surface area contributed by atoms with Crippen molar-refractivity contribution in [2.24, 2.45) is 7.05 Å². The lowest BCUT2D eigenvalue weighted by Gasteiger charge is -2.32. The number of carbonyl (C=O) groups excluding carboxylic acids is 1. The van der Waals surface area contributed by atoms with E-state index < -0.39 is 0 Å². The van der Waals surface area contributed by atoms with Crippen molar-refractivity contribution < 1.29 is 13.9 Å². The quantitative estimate of drug-likeness (QED) is 0.787. The molecule has 26 heavy (non-hydrogen) atoms. The van der Waals surface area contributed by atoms with Crippen molar-refractivity contribution in [3.05, 3.63) is 65.7 Å². The van der Waals surface area contributed by atoms with Gasteiger partial charge in [-0.15, -0.1) is 0 Å². The molecule has 4 rings (SSSR count). The highest BCUT2D eigenvalue weighted by atomic mass is 19.1. The number of hydrogen-bond donors (Lipinski definition) is 1. The standard InChI is InChI=1S/C19H19FN4O2/c1-23-8-2-3-17(23)15-11-16(22-21-15)19(25)24-9-10-26-18(12-24)13-4-6-14(20)7-5-13/h2-8,11,18H,9-10,12H2,1H3,(H,21,22)/t18-/m0/s1. The van der Waals surface area contributed by atoms with Crippen LogP contribution in [0, 0.1) is 5.82 Å². The van der Waals surface area contributed by atoms with Crippen LogP contribution in [0.2, 0.25) is 0 Å². The van der Waals surface area contributed by atoms with E-state index in [1.165, 1.54) is 12.1 Å². The van der Waals surface area contributed by atoms with Gasteiger partial charge in [-0.2, -0.15) is 5.10 Å². The van der Waals surface area contributed by atoms with E-state index >= 15 is 0 Å². The SMILES string of the molecule is Cn1cccc1-c1cc(C(=O)N2CCO[C@H](c3ccc(F)cc3)C2)[nH]n1. The van der Waals surface area contributed by atoms with E-state index in [1.807, 2.05) is 29.9 Å². The van der Waals surface area contributed by atoms with Crippen LogP contribution in [-0.2, 0) is 11.8 Å². The first-order valence-corrected chi connectivity index (χ1v) is 8.45. The molecule has 1 atom stereocenters. The van der Waals surface area contributed by atoms with Crippen molar-refractivity contribution in [2.45, 2.75) is 6.10 Å². The molecule has 1 amide bonds. The van der Waals surface area contributed by atoms with Crippen LogP contribution in [0.5, 0.6) is 0 Å². The molecule has 2 aromatic heterocycles. The molecule has 0 unspecified atom stereocenters. The zero-order valence-electron chi connectivity index (χ0n) is 14.4. The van der Waals surface area contributed by atoms with Crippen LogP contribution in [-0.4, -0.2) is 45.3 Å². The lowest BCUT2D eigenvalue weighted by molar-refractivity contribution is -0.0230. The largest absolute Gasteiger partial charge is 0.370 e. The monoisotopic (exact) mass is 354 g/mol. The third-order valence-corrected chi connectivity index (χ3v) is 4.61. The smallest absolute Gasteiger partial charge is 0.272 e. The summed E-state index contributed by atoms with van der Waals surface area (Å²) in [5, 5.41) is 7.09. The number of aromatic nitrogens is 3. The van der Waals surface area contributed by atoms with Crippen LogP contribution in [0.25, 0.3) is 11.4 Å². The molecule has 6 nitrogen and oxygen atoms in total. The summed E-state index contributed by atoms with van der Waals surface area (Å²) in [5.41, 5.74) is 2.97. The Bertz CT molecular complexity index is 916. The van der Waals surface area contributed by atoms with Gasteiger partial charge in [0, 0.05) is 19.8 Å². The summed E-state index contributed by atoms with van der Waals surface area (Å²) >= 11 is 0. The second-order valence-corrected chi connectivity index (χ2v) is 6.33. The molecule has 1 fully saturated rings. The maximum absolute atomic E-state index is 13.1. The van der Waals surface area contributed by atoms with Crippen molar-refractivity contribution in [3.63, 3.8) is 0 Å². The van der Waals surface area contributed by atoms with Gasteiger partial charge in [-0.25, -0.2) is 4.39 Å². The van der Waals surface area contributed by atoms with Gasteiger partial charge in [0.15, 0.2) is 0 Å².